The summed E-state index contributed by atoms with van der Waals surface area (Å²) < 4.78 is 16.0. The minimum absolute atomic E-state index is 0.252. The second-order valence-electron chi connectivity index (χ2n) is 5.94. The molecular weight excluding hydrogens is 328 g/mol. The van der Waals surface area contributed by atoms with Crippen LogP contribution in [0.25, 0.3) is 10.8 Å². The minimum Gasteiger partial charge on any atom is -0.463 e. The van der Waals surface area contributed by atoms with Crippen molar-refractivity contribution in [3.05, 3.63) is 42.5 Å². The van der Waals surface area contributed by atoms with E-state index in [1.807, 2.05) is 30.3 Å². The van der Waals surface area contributed by atoms with E-state index in [0.29, 0.717) is 5.75 Å². The number of carbonyl (C=O) groups excluding carboxylic acids is 1. The Hall–Kier alpha value is -2.19. The van der Waals surface area contributed by atoms with Gasteiger partial charge in [0, 0.05) is 6.92 Å². The zero-order valence-corrected chi connectivity index (χ0v) is 13.6. The zero-order chi connectivity index (χ0) is 18.0. The number of ether oxygens (including phenoxy) is 3. The summed E-state index contributed by atoms with van der Waals surface area (Å²) in [5, 5.41) is 32.1. The normalized spacial score (nSPS) is 29.4. The van der Waals surface area contributed by atoms with Crippen LogP contribution in [-0.4, -0.2) is 58.6 Å². The molecule has 1 saturated heterocycles. The molecule has 2 aromatic carbocycles. The number of rotatable bonds is 4. The van der Waals surface area contributed by atoms with E-state index in [4.69, 9.17) is 14.2 Å². The largest absolute Gasteiger partial charge is 0.463 e. The van der Waals surface area contributed by atoms with Gasteiger partial charge in [0.1, 0.15) is 36.8 Å². The first-order valence-corrected chi connectivity index (χ1v) is 7.94. The lowest BCUT2D eigenvalue weighted by Gasteiger charge is -2.39. The maximum atomic E-state index is 10.9. The molecule has 0 amide bonds. The monoisotopic (exact) mass is 348 g/mol. The second kappa shape index (κ2) is 7.37. The first-order chi connectivity index (χ1) is 12.0. The van der Waals surface area contributed by atoms with E-state index >= 15 is 0 Å². The van der Waals surface area contributed by atoms with Gasteiger partial charge in [-0.3, -0.25) is 4.79 Å². The highest BCUT2D eigenvalue weighted by molar-refractivity contribution is 5.83. The van der Waals surface area contributed by atoms with Crippen molar-refractivity contribution in [2.24, 2.45) is 0 Å². The molecule has 2 aromatic rings. The fraction of sp³-hybridized carbons (Fsp3) is 0.389. The average Bonchev–Trinajstić information content (AvgIpc) is 2.61. The number of hydrogen-bond acceptors (Lipinski definition) is 7. The summed E-state index contributed by atoms with van der Waals surface area (Å²) >= 11 is 0. The van der Waals surface area contributed by atoms with Crippen molar-refractivity contribution in [2.75, 3.05) is 6.61 Å². The Morgan fingerprint density at radius 2 is 1.76 bits per heavy atom. The van der Waals surface area contributed by atoms with Gasteiger partial charge in [0.2, 0.25) is 6.29 Å². The average molecular weight is 348 g/mol. The molecule has 25 heavy (non-hydrogen) atoms. The Balaban J connectivity index is 1.75. The third-order valence-corrected chi connectivity index (χ3v) is 4.09. The summed E-state index contributed by atoms with van der Waals surface area (Å²) in [7, 11) is 0. The topological polar surface area (TPSA) is 105 Å². The lowest BCUT2D eigenvalue weighted by molar-refractivity contribution is -0.278. The van der Waals surface area contributed by atoms with Crippen molar-refractivity contribution >= 4 is 16.7 Å². The summed E-state index contributed by atoms with van der Waals surface area (Å²) in [6.45, 7) is 0.974. The molecule has 134 valence electrons. The molecule has 5 atom stereocenters. The summed E-state index contributed by atoms with van der Waals surface area (Å²) in [5.74, 6) is -0.0963. The third-order valence-electron chi connectivity index (χ3n) is 4.09. The van der Waals surface area contributed by atoms with Gasteiger partial charge in [0.05, 0.1) is 0 Å². The molecule has 3 rings (SSSR count). The highest BCUT2D eigenvalue weighted by Gasteiger charge is 2.45. The van der Waals surface area contributed by atoms with E-state index in [1.54, 1.807) is 12.1 Å². The molecule has 0 unspecified atom stereocenters. The highest BCUT2D eigenvalue weighted by atomic mass is 16.7. The number of esters is 1. The van der Waals surface area contributed by atoms with E-state index < -0.39 is 36.7 Å². The van der Waals surface area contributed by atoms with Crippen LogP contribution in [0.3, 0.4) is 0 Å². The SMILES string of the molecule is CC(=O)OC[C@H]1O[C@@H](Oc2ccc3ccccc3c2)[C@H](O)[C@@H](O)[C@@H]1O. The number of carbonyl (C=O) groups is 1. The molecule has 0 bridgehead atoms. The van der Waals surface area contributed by atoms with Crippen LogP contribution in [0.1, 0.15) is 6.92 Å². The number of aliphatic hydroxyl groups is 3. The van der Waals surface area contributed by atoms with Crippen LogP contribution in [0.2, 0.25) is 0 Å². The summed E-state index contributed by atoms with van der Waals surface area (Å²) in [5.41, 5.74) is 0. The molecule has 1 aliphatic rings. The molecule has 7 nitrogen and oxygen atoms in total. The first kappa shape index (κ1) is 17.6. The van der Waals surface area contributed by atoms with Crippen LogP contribution in [0, 0.1) is 0 Å². The molecule has 3 N–H and O–H groups in total. The van der Waals surface area contributed by atoms with Gasteiger partial charge < -0.3 is 29.5 Å². The maximum Gasteiger partial charge on any atom is 0.302 e. The van der Waals surface area contributed by atoms with Crippen molar-refractivity contribution in [2.45, 2.75) is 37.6 Å². The van der Waals surface area contributed by atoms with Gasteiger partial charge in [0.25, 0.3) is 0 Å². The number of hydrogen-bond donors (Lipinski definition) is 3. The molecular formula is C18H20O7. The molecule has 7 heteroatoms. The standard InChI is InChI=1S/C18H20O7/c1-10(19)23-9-14-15(20)16(21)17(22)18(25-14)24-13-7-6-11-4-2-3-5-12(11)8-13/h2-8,14-18,20-22H,9H2,1H3/t14-,15-,16+,17-,18-/m1/s1. The first-order valence-electron chi connectivity index (χ1n) is 7.94. The minimum atomic E-state index is -1.49. The van der Waals surface area contributed by atoms with E-state index in [0.717, 1.165) is 10.8 Å². The fourth-order valence-corrected chi connectivity index (χ4v) is 2.73. The molecule has 0 radical (unpaired) electrons. The van der Waals surface area contributed by atoms with Crippen LogP contribution in [-0.2, 0) is 14.3 Å². The van der Waals surface area contributed by atoms with Crippen LogP contribution in [0.5, 0.6) is 5.75 Å². The van der Waals surface area contributed by atoms with Crippen LogP contribution in [0.15, 0.2) is 42.5 Å². The van der Waals surface area contributed by atoms with Gasteiger partial charge in [-0.1, -0.05) is 30.3 Å². The van der Waals surface area contributed by atoms with E-state index in [-0.39, 0.29) is 6.61 Å². The Morgan fingerprint density at radius 3 is 2.48 bits per heavy atom. The van der Waals surface area contributed by atoms with Gasteiger partial charge in [-0.25, -0.2) is 0 Å². The quantitative estimate of drug-likeness (QED) is 0.695. The molecule has 0 saturated carbocycles. The summed E-state index contributed by atoms with van der Waals surface area (Å²) in [6, 6.07) is 13.1. The number of aliphatic hydroxyl groups excluding tert-OH is 3. The van der Waals surface area contributed by atoms with Crippen LogP contribution in [0.4, 0.5) is 0 Å². The Kier molecular flexibility index (Phi) is 5.19. The van der Waals surface area contributed by atoms with Crippen molar-refractivity contribution in [3.63, 3.8) is 0 Å². The fourth-order valence-electron chi connectivity index (χ4n) is 2.73. The number of fused-ring (bicyclic) bond motifs is 1. The van der Waals surface area contributed by atoms with Crippen molar-refractivity contribution in [1.82, 2.24) is 0 Å². The maximum absolute atomic E-state index is 10.9. The predicted octanol–water partition coefficient (Wildman–Crippen LogP) is 0.589. The lowest BCUT2D eigenvalue weighted by Crippen LogP contribution is -2.60. The molecule has 1 heterocycles. The summed E-state index contributed by atoms with van der Waals surface area (Å²) in [4.78, 5) is 10.9. The zero-order valence-electron chi connectivity index (χ0n) is 13.6. The van der Waals surface area contributed by atoms with Crippen molar-refractivity contribution in [1.29, 1.82) is 0 Å². The van der Waals surface area contributed by atoms with Crippen LogP contribution < -0.4 is 4.74 Å². The Morgan fingerprint density at radius 1 is 1.04 bits per heavy atom. The Labute approximate surface area is 144 Å². The molecule has 0 spiro atoms. The molecule has 1 fully saturated rings. The molecule has 1 aliphatic heterocycles. The van der Waals surface area contributed by atoms with E-state index in [9.17, 15) is 20.1 Å². The lowest BCUT2D eigenvalue weighted by atomic mass is 9.99. The van der Waals surface area contributed by atoms with Crippen molar-refractivity contribution < 1.29 is 34.3 Å². The van der Waals surface area contributed by atoms with Gasteiger partial charge in [-0.05, 0) is 22.9 Å². The van der Waals surface area contributed by atoms with Crippen LogP contribution >= 0.6 is 0 Å². The Bertz CT molecular complexity index is 747. The second-order valence-corrected chi connectivity index (χ2v) is 5.94. The van der Waals surface area contributed by atoms with Crippen molar-refractivity contribution in [3.8, 4) is 5.75 Å². The third kappa shape index (κ3) is 3.91. The number of benzene rings is 2. The van der Waals surface area contributed by atoms with Gasteiger partial charge in [-0.2, -0.15) is 0 Å². The van der Waals surface area contributed by atoms with Gasteiger partial charge in [-0.15, -0.1) is 0 Å². The molecule has 0 aliphatic carbocycles. The highest BCUT2D eigenvalue weighted by Crippen LogP contribution is 2.27. The van der Waals surface area contributed by atoms with Gasteiger partial charge in [0.15, 0.2) is 0 Å². The molecule has 0 aromatic heterocycles. The smallest absolute Gasteiger partial charge is 0.302 e. The summed E-state index contributed by atoms with van der Waals surface area (Å²) in [6.07, 6.45) is -6.55. The predicted molar refractivity (Wildman–Crippen MR) is 87.9 cm³/mol. The van der Waals surface area contributed by atoms with E-state index in [1.165, 1.54) is 6.92 Å². The van der Waals surface area contributed by atoms with Gasteiger partial charge >= 0.3 is 5.97 Å². The van der Waals surface area contributed by atoms with E-state index in [2.05, 4.69) is 0 Å².